The van der Waals surface area contributed by atoms with Crippen molar-refractivity contribution in [2.24, 2.45) is 0 Å². The van der Waals surface area contributed by atoms with E-state index in [2.05, 4.69) is 0 Å². The van der Waals surface area contributed by atoms with Gasteiger partial charge in [-0.05, 0) is 24.3 Å². The molecule has 0 aliphatic carbocycles. The van der Waals surface area contributed by atoms with Gasteiger partial charge in [0.1, 0.15) is 15.3 Å². The Morgan fingerprint density at radius 1 is 1.25 bits per heavy atom. The van der Waals surface area contributed by atoms with Crippen molar-refractivity contribution in [3.63, 3.8) is 0 Å². The van der Waals surface area contributed by atoms with Crippen LogP contribution in [0.5, 0.6) is 0 Å². The molecule has 0 saturated carbocycles. The van der Waals surface area contributed by atoms with Crippen molar-refractivity contribution >= 4 is 50.5 Å². The summed E-state index contributed by atoms with van der Waals surface area (Å²) in [5.41, 5.74) is 0.415. The van der Waals surface area contributed by atoms with E-state index in [9.17, 15) is 8.42 Å². The summed E-state index contributed by atoms with van der Waals surface area (Å²) in [4.78, 5) is -0.315. The Morgan fingerprint density at radius 2 is 1.90 bits per heavy atom. The molecule has 0 N–H and O–H groups in total. The first-order valence-corrected chi connectivity index (χ1v) is 8.37. The van der Waals surface area contributed by atoms with Gasteiger partial charge in [-0.2, -0.15) is 5.26 Å². The van der Waals surface area contributed by atoms with Crippen LogP contribution in [0.15, 0.2) is 46.2 Å². The Bertz CT molecular complexity index is 803. The zero-order valence-electron chi connectivity index (χ0n) is 9.88. The van der Waals surface area contributed by atoms with Gasteiger partial charge >= 0.3 is 0 Å². The molecule has 0 aliphatic rings. The third kappa shape index (κ3) is 3.05. The van der Waals surface area contributed by atoms with Crippen LogP contribution in [0.4, 0.5) is 0 Å². The van der Waals surface area contributed by atoms with Crippen LogP contribution >= 0.6 is 34.5 Å². The summed E-state index contributed by atoms with van der Waals surface area (Å²) in [7, 11) is -3.85. The first-order valence-electron chi connectivity index (χ1n) is 5.32. The average Bonchev–Trinajstić information content (AvgIpc) is 2.75. The maximum atomic E-state index is 12.3. The van der Waals surface area contributed by atoms with Gasteiger partial charge in [-0.15, -0.1) is 11.3 Å². The maximum Gasteiger partial charge on any atom is 0.216 e. The fraction of sp³-hybridized carbons (Fsp3) is 0. The molecule has 0 atom stereocenters. The fourth-order valence-electron chi connectivity index (χ4n) is 1.49. The van der Waals surface area contributed by atoms with Gasteiger partial charge < -0.3 is 0 Å². The second-order valence-electron chi connectivity index (χ2n) is 3.72. The molecule has 0 spiro atoms. The van der Waals surface area contributed by atoms with Crippen molar-refractivity contribution in [1.82, 2.24) is 0 Å². The maximum absolute atomic E-state index is 12.3. The van der Waals surface area contributed by atoms with Crippen LogP contribution in [0.3, 0.4) is 0 Å². The Morgan fingerprint density at radius 3 is 2.40 bits per heavy atom. The summed E-state index contributed by atoms with van der Waals surface area (Å²) >= 11 is 12.8. The smallest absolute Gasteiger partial charge is 0.216 e. The van der Waals surface area contributed by atoms with Crippen LogP contribution in [0, 0.1) is 11.3 Å². The quantitative estimate of drug-likeness (QED) is 0.776. The number of hydrogen-bond acceptors (Lipinski definition) is 4. The number of hydrogen-bond donors (Lipinski definition) is 0. The Balaban J connectivity index is 2.54. The molecule has 7 heteroatoms. The zero-order chi connectivity index (χ0) is 14.8. The minimum atomic E-state index is -3.85. The van der Waals surface area contributed by atoms with Gasteiger partial charge in [0.2, 0.25) is 9.84 Å². The lowest BCUT2D eigenvalue weighted by Crippen LogP contribution is -2.03. The van der Waals surface area contributed by atoms with Gasteiger partial charge in [0.15, 0.2) is 0 Å². The molecule has 3 nitrogen and oxygen atoms in total. The van der Waals surface area contributed by atoms with E-state index in [1.165, 1.54) is 24.3 Å². The minimum absolute atomic E-state index is 0.0604. The summed E-state index contributed by atoms with van der Waals surface area (Å²) in [6, 6.07) is 11.0. The molecule has 0 bridgehead atoms. The number of rotatable bonds is 3. The predicted molar refractivity (Wildman–Crippen MR) is 81.6 cm³/mol. The second kappa shape index (κ2) is 5.98. The summed E-state index contributed by atoms with van der Waals surface area (Å²) in [6.07, 6.45) is 1.23. The van der Waals surface area contributed by atoms with E-state index < -0.39 is 9.84 Å². The van der Waals surface area contributed by atoms with Gasteiger partial charge in [0, 0.05) is 5.56 Å². The third-order valence-electron chi connectivity index (χ3n) is 2.42. The summed E-state index contributed by atoms with van der Waals surface area (Å²) in [6.45, 7) is 0. The van der Waals surface area contributed by atoms with Crippen molar-refractivity contribution in [1.29, 1.82) is 5.26 Å². The van der Waals surface area contributed by atoms with Crippen LogP contribution in [-0.4, -0.2) is 8.42 Å². The number of allylic oxidation sites excluding steroid dienone is 1. The lowest BCUT2D eigenvalue weighted by Gasteiger charge is -2.02. The second-order valence-corrected chi connectivity index (χ2v) is 7.92. The van der Waals surface area contributed by atoms with E-state index in [1.807, 2.05) is 0 Å². The van der Waals surface area contributed by atoms with E-state index in [0.717, 1.165) is 11.3 Å². The number of nitriles is 1. The van der Waals surface area contributed by atoms with E-state index in [-0.39, 0.29) is 9.80 Å². The first kappa shape index (κ1) is 15.1. The number of thiophene rings is 1. The number of benzene rings is 1. The molecule has 1 aromatic heterocycles. The van der Waals surface area contributed by atoms with Gasteiger partial charge in [0.05, 0.1) is 9.23 Å². The Labute approximate surface area is 130 Å². The topological polar surface area (TPSA) is 57.9 Å². The molecule has 2 aromatic rings. The lowest BCUT2D eigenvalue weighted by atomic mass is 10.3. The molecule has 0 radical (unpaired) electrons. The molecule has 102 valence electrons. The molecule has 0 unspecified atom stereocenters. The van der Waals surface area contributed by atoms with Crippen molar-refractivity contribution in [3.05, 3.63) is 55.5 Å². The molecule has 1 heterocycles. The highest BCUT2D eigenvalue weighted by Crippen LogP contribution is 2.33. The highest BCUT2D eigenvalue weighted by atomic mass is 35.5. The lowest BCUT2D eigenvalue weighted by molar-refractivity contribution is 0.603. The summed E-state index contributed by atoms with van der Waals surface area (Å²) in [5, 5.41) is 9.11. The standard InChI is InChI=1S/C13H7Cl2NO2S2/c14-12-7-9(13(15)19-12)6-11(8-16)20(17,18)10-4-2-1-3-5-10/h1-7H/b11-6-. The van der Waals surface area contributed by atoms with Crippen molar-refractivity contribution in [2.75, 3.05) is 0 Å². The van der Waals surface area contributed by atoms with Gasteiger partial charge in [-0.25, -0.2) is 8.42 Å². The Hall–Kier alpha value is -1.32. The third-order valence-corrected chi connectivity index (χ3v) is 5.62. The van der Waals surface area contributed by atoms with Crippen LogP contribution in [0.25, 0.3) is 6.08 Å². The normalized spacial score (nSPS) is 12.2. The molecule has 0 aliphatic heterocycles. The van der Waals surface area contributed by atoms with Crippen LogP contribution in [0.2, 0.25) is 8.67 Å². The molecule has 2 rings (SSSR count). The number of nitrogens with zero attached hydrogens (tertiary/aromatic N) is 1. The highest BCUT2D eigenvalue weighted by Gasteiger charge is 2.21. The largest absolute Gasteiger partial charge is 0.218 e. The van der Waals surface area contributed by atoms with Gasteiger partial charge in [-0.1, -0.05) is 41.4 Å². The number of halogens is 2. The van der Waals surface area contributed by atoms with E-state index >= 15 is 0 Å². The first-order chi connectivity index (χ1) is 9.45. The molecule has 0 fully saturated rings. The minimum Gasteiger partial charge on any atom is -0.218 e. The van der Waals surface area contributed by atoms with E-state index in [4.69, 9.17) is 28.5 Å². The SMILES string of the molecule is N#C/C(=C/c1cc(Cl)sc1Cl)S(=O)(=O)c1ccccc1. The highest BCUT2D eigenvalue weighted by molar-refractivity contribution is 7.95. The van der Waals surface area contributed by atoms with Crippen molar-refractivity contribution in [3.8, 4) is 6.07 Å². The fourth-order valence-corrected chi connectivity index (χ4v) is 4.08. The number of sulfone groups is 1. The molecular formula is C13H7Cl2NO2S2. The zero-order valence-corrected chi connectivity index (χ0v) is 13.0. The molecule has 20 heavy (non-hydrogen) atoms. The molecule has 0 saturated heterocycles. The predicted octanol–water partition coefficient (Wildman–Crippen LogP) is 4.39. The van der Waals surface area contributed by atoms with Crippen molar-refractivity contribution in [2.45, 2.75) is 4.90 Å². The monoisotopic (exact) mass is 343 g/mol. The summed E-state index contributed by atoms with van der Waals surface area (Å²) in [5.74, 6) is 0. The van der Waals surface area contributed by atoms with Crippen LogP contribution < -0.4 is 0 Å². The Kier molecular flexibility index (Phi) is 4.51. The summed E-state index contributed by atoms with van der Waals surface area (Å²) < 4.78 is 25.4. The molecular weight excluding hydrogens is 337 g/mol. The van der Waals surface area contributed by atoms with Crippen LogP contribution in [-0.2, 0) is 9.84 Å². The average molecular weight is 344 g/mol. The van der Waals surface area contributed by atoms with Crippen LogP contribution in [0.1, 0.15) is 5.56 Å². The van der Waals surface area contributed by atoms with Gasteiger partial charge in [-0.3, -0.25) is 0 Å². The van der Waals surface area contributed by atoms with E-state index in [1.54, 1.807) is 24.3 Å². The van der Waals surface area contributed by atoms with Gasteiger partial charge in [0.25, 0.3) is 0 Å². The van der Waals surface area contributed by atoms with Crippen molar-refractivity contribution < 1.29 is 8.42 Å². The molecule has 1 aromatic carbocycles. The molecule has 0 amide bonds. The van der Waals surface area contributed by atoms with E-state index in [0.29, 0.717) is 14.2 Å².